The average molecular weight is 581 g/mol. The summed E-state index contributed by atoms with van der Waals surface area (Å²) in [5, 5.41) is 4.79. The van der Waals surface area contributed by atoms with E-state index in [0.717, 1.165) is 56.8 Å². The van der Waals surface area contributed by atoms with Crippen molar-refractivity contribution in [1.82, 2.24) is 24.5 Å². The molecule has 9 heteroatoms. The van der Waals surface area contributed by atoms with E-state index in [2.05, 4.69) is 45.7 Å². The summed E-state index contributed by atoms with van der Waals surface area (Å²) in [4.78, 5) is 12.2. The van der Waals surface area contributed by atoms with Gasteiger partial charge in [0.05, 0.1) is 18.8 Å². The maximum Gasteiger partial charge on any atom is 0.182 e. The Bertz CT molecular complexity index is 1660. The molecule has 1 spiro atoms. The molecule has 4 heterocycles. The van der Waals surface area contributed by atoms with E-state index in [9.17, 15) is 4.55 Å². The maximum atomic E-state index is 13.3. The molecule has 8 nitrogen and oxygen atoms in total. The van der Waals surface area contributed by atoms with Crippen LogP contribution in [0.1, 0.15) is 74.7 Å². The lowest BCUT2D eigenvalue weighted by Crippen LogP contribution is -2.49. The highest BCUT2D eigenvalue weighted by Gasteiger charge is 2.50. The molecule has 0 bridgehead atoms. The van der Waals surface area contributed by atoms with E-state index >= 15 is 0 Å². The average Bonchev–Trinajstić information content (AvgIpc) is 3.46. The molecule has 7 rings (SSSR count). The van der Waals surface area contributed by atoms with E-state index in [1.54, 1.807) is 0 Å². The van der Waals surface area contributed by atoms with Gasteiger partial charge in [-0.3, -0.25) is 0 Å². The lowest BCUT2D eigenvalue weighted by molar-refractivity contribution is -0.104. The normalized spacial score (nSPS) is 22.0. The number of anilines is 1. The van der Waals surface area contributed by atoms with Gasteiger partial charge >= 0.3 is 0 Å². The van der Waals surface area contributed by atoms with Crippen molar-refractivity contribution in [2.45, 2.75) is 63.5 Å². The highest BCUT2D eigenvalue weighted by molar-refractivity contribution is 7.90. The second-order valence-electron chi connectivity index (χ2n) is 12.6. The van der Waals surface area contributed by atoms with E-state index in [1.807, 2.05) is 62.0 Å². The minimum absolute atomic E-state index is 0.0143. The molecule has 0 saturated carbocycles. The van der Waals surface area contributed by atoms with Gasteiger partial charge < -0.3 is 14.2 Å². The van der Waals surface area contributed by atoms with Crippen LogP contribution in [0.4, 0.5) is 5.82 Å². The van der Waals surface area contributed by atoms with Crippen LogP contribution in [-0.4, -0.2) is 48.7 Å². The molecule has 0 amide bonds. The second-order valence-corrected chi connectivity index (χ2v) is 14.6. The summed E-state index contributed by atoms with van der Waals surface area (Å²) in [5.74, 6) is 7.27. The fraction of sp³-hybridized carbons (Fsp3) is 0.424. The van der Waals surface area contributed by atoms with Crippen LogP contribution in [0.5, 0.6) is 0 Å². The maximum absolute atomic E-state index is 13.3. The highest BCUT2D eigenvalue weighted by Crippen LogP contribution is 2.52. The molecule has 2 saturated heterocycles. The first-order chi connectivity index (χ1) is 20.3. The minimum Gasteiger partial charge on any atom is -0.598 e. The molecule has 4 aromatic rings. The minimum atomic E-state index is -1.16. The quantitative estimate of drug-likeness (QED) is 0.266. The number of piperidine rings is 1. The molecule has 2 aromatic carbocycles. The third kappa shape index (κ3) is 4.96. The molecular weight excluding hydrogens is 544 g/mol. The summed E-state index contributed by atoms with van der Waals surface area (Å²) in [5.41, 5.74) is 5.63. The van der Waals surface area contributed by atoms with E-state index in [4.69, 9.17) is 19.8 Å². The Morgan fingerprint density at radius 2 is 1.79 bits per heavy atom. The number of fused-ring (bicyclic) bond motifs is 2. The van der Waals surface area contributed by atoms with Crippen LogP contribution in [0.3, 0.4) is 0 Å². The van der Waals surface area contributed by atoms with Crippen LogP contribution >= 0.6 is 0 Å². The number of rotatable bonds is 4. The molecule has 42 heavy (non-hydrogen) atoms. The lowest BCUT2D eigenvalue weighted by Gasteiger charge is -2.44. The number of hydrogen-bond donors (Lipinski definition) is 1. The number of nitrogens with one attached hydrogen (secondary N) is 1. The Labute approximate surface area is 250 Å². The molecule has 1 unspecified atom stereocenters. The zero-order valence-corrected chi connectivity index (χ0v) is 25.2. The van der Waals surface area contributed by atoms with Crippen LogP contribution in [0.2, 0.25) is 0 Å². The Kier molecular flexibility index (Phi) is 6.98. The van der Waals surface area contributed by atoms with Gasteiger partial charge in [-0.15, -0.1) is 4.72 Å². The van der Waals surface area contributed by atoms with Crippen molar-refractivity contribution >= 4 is 28.3 Å². The second kappa shape index (κ2) is 10.7. The van der Waals surface area contributed by atoms with Crippen LogP contribution in [-0.2, 0) is 22.5 Å². The Hall–Kier alpha value is -3.42. The van der Waals surface area contributed by atoms with Crippen LogP contribution in [0.25, 0.3) is 11.2 Å². The summed E-state index contributed by atoms with van der Waals surface area (Å²) in [6, 6.07) is 18.6. The zero-order valence-electron chi connectivity index (χ0n) is 24.3. The van der Waals surface area contributed by atoms with Gasteiger partial charge in [-0.25, -0.2) is 14.6 Å². The fourth-order valence-corrected chi connectivity index (χ4v) is 7.26. The summed E-state index contributed by atoms with van der Waals surface area (Å²) in [7, 11) is 0. The molecule has 1 N–H and O–H groups in total. The van der Waals surface area contributed by atoms with Gasteiger partial charge in [-0.2, -0.15) is 5.10 Å². The monoisotopic (exact) mass is 580 g/mol. The van der Waals surface area contributed by atoms with E-state index in [0.29, 0.717) is 16.9 Å². The van der Waals surface area contributed by atoms with E-state index in [1.165, 1.54) is 11.1 Å². The molecule has 216 valence electrons. The first-order valence-electron chi connectivity index (χ1n) is 14.8. The Balaban J connectivity index is 1.16. The van der Waals surface area contributed by atoms with Gasteiger partial charge in [-0.05, 0) is 69.2 Å². The Morgan fingerprint density at radius 1 is 1.05 bits per heavy atom. The van der Waals surface area contributed by atoms with Gasteiger partial charge in [0.15, 0.2) is 17.6 Å². The van der Waals surface area contributed by atoms with Crippen molar-refractivity contribution < 1.29 is 9.29 Å². The number of benzene rings is 2. The van der Waals surface area contributed by atoms with Crippen molar-refractivity contribution in [2.75, 3.05) is 24.6 Å². The first-order valence-corrected chi connectivity index (χ1v) is 15.9. The van der Waals surface area contributed by atoms with Crippen molar-refractivity contribution in [3.63, 3.8) is 0 Å². The third-order valence-corrected chi connectivity index (χ3v) is 10.4. The highest BCUT2D eigenvalue weighted by atomic mass is 32.2. The van der Waals surface area contributed by atoms with E-state index in [-0.39, 0.29) is 22.4 Å². The van der Waals surface area contributed by atoms with Crippen LogP contribution < -0.4 is 9.62 Å². The molecular formula is C33H36N6O2S. The molecule has 0 radical (unpaired) electrons. The van der Waals surface area contributed by atoms with Crippen molar-refractivity contribution in [1.29, 1.82) is 0 Å². The van der Waals surface area contributed by atoms with E-state index < -0.39 is 11.4 Å². The van der Waals surface area contributed by atoms with Crippen molar-refractivity contribution in [3.05, 3.63) is 83.2 Å². The van der Waals surface area contributed by atoms with Crippen molar-refractivity contribution in [2.24, 2.45) is 5.41 Å². The predicted octanol–water partition coefficient (Wildman–Crippen LogP) is 5.08. The zero-order chi connectivity index (χ0) is 28.9. The third-order valence-electron chi connectivity index (χ3n) is 8.82. The molecule has 2 fully saturated rings. The van der Waals surface area contributed by atoms with Gasteiger partial charge in [0.25, 0.3) is 0 Å². The smallest absolute Gasteiger partial charge is 0.182 e. The molecule has 2 aromatic heterocycles. The Morgan fingerprint density at radius 3 is 2.50 bits per heavy atom. The molecule has 3 atom stereocenters. The lowest BCUT2D eigenvalue weighted by atomic mass is 9.73. The van der Waals surface area contributed by atoms with Gasteiger partial charge in [0.2, 0.25) is 0 Å². The summed E-state index contributed by atoms with van der Waals surface area (Å²) in [6.45, 7) is 8.50. The molecule has 3 aliphatic rings. The topological polar surface area (TPSA) is 91.2 Å². The number of ether oxygens (including phenoxy) is 1. The summed E-state index contributed by atoms with van der Waals surface area (Å²) in [6.07, 6.45) is 5.55. The molecule has 2 aliphatic heterocycles. The largest absolute Gasteiger partial charge is 0.598 e. The van der Waals surface area contributed by atoms with Crippen LogP contribution in [0, 0.1) is 17.3 Å². The standard InChI is InChI=1S/C33H36N6O2S/c1-32(2,3)42(40)37-30-25-12-8-7-11-24(25)21-33(30)16-18-38(19-17-33)27-22-34-29-26(14-13-23-9-5-4-6-10-23)36-39(31(29)35-27)28-15-20-41-28/h4-12,22,28,30,37H,15-21H2,1-3H3/t28?,30-,42-/m1/s1. The summed E-state index contributed by atoms with van der Waals surface area (Å²) < 4.78 is 24.1. The van der Waals surface area contributed by atoms with Gasteiger partial charge in [0.1, 0.15) is 16.1 Å². The number of hydrogen-bond acceptors (Lipinski definition) is 7. The van der Waals surface area contributed by atoms with Gasteiger partial charge in [0, 0.05) is 41.9 Å². The first kappa shape index (κ1) is 27.4. The number of aromatic nitrogens is 4. The number of nitrogens with zero attached hydrogens (tertiary/aromatic N) is 5. The van der Waals surface area contributed by atoms with Crippen LogP contribution in [0.15, 0.2) is 60.8 Å². The fourth-order valence-electron chi connectivity index (χ4n) is 6.31. The molecule has 1 aliphatic carbocycles. The summed E-state index contributed by atoms with van der Waals surface area (Å²) >= 11 is -1.16. The SMILES string of the molecule is CC(C)(C)[S@@+]([O-])N[C@@H]1c2ccccc2CC12CCN(c1cnc3c(C#Cc4ccccc4)nn(C4CCO4)c3n1)CC2. The van der Waals surface area contributed by atoms with Gasteiger partial charge in [-0.1, -0.05) is 48.4 Å². The van der Waals surface area contributed by atoms with Crippen molar-refractivity contribution in [3.8, 4) is 11.8 Å². The predicted molar refractivity (Wildman–Crippen MR) is 165 cm³/mol.